The van der Waals surface area contributed by atoms with E-state index < -0.39 is 17.2 Å². The second kappa shape index (κ2) is 10.6. The Bertz CT molecular complexity index is 952. The third-order valence-corrected chi connectivity index (χ3v) is 5.98. The molecule has 1 aromatic carbocycles. The van der Waals surface area contributed by atoms with Gasteiger partial charge in [0.15, 0.2) is 5.69 Å². The summed E-state index contributed by atoms with van der Waals surface area (Å²) >= 11 is 0. The number of benzene rings is 1. The fourth-order valence-corrected chi connectivity index (χ4v) is 4.19. The molecule has 0 aliphatic carbocycles. The maximum Gasteiger partial charge on any atom is 0.275 e. The highest BCUT2D eigenvalue weighted by Gasteiger charge is 2.28. The molecule has 1 aliphatic heterocycles. The lowest BCUT2D eigenvalue weighted by Gasteiger charge is -2.38. The summed E-state index contributed by atoms with van der Waals surface area (Å²) in [5.74, 6) is -0.604. The molecule has 0 bridgehead atoms. The first-order valence-corrected chi connectivity index (χ1v) is 10.9. The van der Waals surface area contributed by atoms with Gasteiger partial charge in [-0.15, -0.1) is 0 Å². The largest absolute Gasteiger partial charge is 0.379 e. The summed E-state index contributed by atoms with van der Waals surface area (Å²) in [5.41, 5.74) is -0.0701. The van der Waals surface area contributed by atoms with Crippen LogP contribution in [0.2, 0.25) is 0 Å². The van der Waals surface area contributed by atoms with Crippen LogP contribution in [-0.4, -0.2) is 59.5 Å². The maximum absolute atomic E-state index is 14.3. The van der Waals surface area contributed by atoms with Gasteiger partial charge in [0, 0.05) is 37.4 Å². The van der Waals surface area contributed by atoms with Gasteiger partial charge in [0.05, 0.1) is 13.2 Å². The van der Waals surface area contributed by atoms with Crippen molar-refractivity contribution in [2.45, 2.75) is 39.7 Å². The molecular formula is C23H31FN4O3. The van der Waals surface area contributed by atoms with E-state index in [1.54, 1.807) is 25.1 Å². The minimum Gasteiger partial charge on any atom is -0.379 e. The molecule has 2 heterocycles. The lowest BCUT2D eigenvalue weighted by atomic mass is 9.92. The van der Waals surface area contributed by atoms with E-state index in [0.29, 0.717) is 31.4 Å². The third-order valence-electron chi connectivity index (χ3n) is 5.98. The molecule has 1 saturated heterocycles. The Morgan fingerprint density at radius 2 is 1.90 bits per heavy atom. The van der Waals surface area contributed by atoms with E-state index in [4.69, 9.17) is 4.74 Å². The van der Waals surface area contributed by atoms with E-state index in [1.807, 2.05) is 0 Å². The second-order valence-electron chi connectivity index (χ2n) is 7.86. The molecule has 8 heteroatoms. The summed E-state index contributed by atoms with van der Waals surface area (Å²) in [6.07, 6.45) is 1.99. The van der Waals surface area contributed by atoms with Crippen molar-refractivity contribution in [2.24, 2.45) is 5.92 Å². The van der Waals surface area contributed by atoms with Crippen molar-refractivity contribution in [3.05, 3.63) is 57.8 Å². The van der Waals surface area contributed by atoms with Crippen LogP contribution >= 0.6 is 0 Å². The molecular weight excluding hydrogens is 399 g/mol. The first-order valence-electron chi connectivity index (χ1n) is 10.9. The SMILES string of the molecule is CCC(CC)[C@@H](CNC(=O)c1nn(-c2ccccc2F)c(C)cc1=O)N1CCOCC1. The highest BCUT2D eigenvalue weighted by molar-refractivity contribution is 5.92. The Kier molecular flexibility index (Phi) is 7.92. The molecule has 1 N–H and O–H groups in total. The number of halogens is 1. The standard InChI is InChI=1S/C23H31FN4O3/c1-4-17(5-2)20(27-10-12-31-13-11-27)15-25-23(30)22-21(29)14-16(3)28(26-22)19-9-7-6-8-18(19)24/h6-9,14,17,20H,4-5,10-13,15H2,1-3H3,(H,25,30)/t20-/m1/s1. The Hall–Kier alpha value is -2.58. The average molecular weight is 431 g/mol. The van der Waals surface area contributed by atoms with Crippen LogP contribution in [0.4, 0.5) is 4.39 Å². The van der Waals surface area contributed by atoms with Crippen molar-refractivity contribution in [2.75, 3.05) is 32.8 Å². The third kappa shape index (κ3) is 5.37. The fourth-order valence-electron chi connectivity index (χ4n) is 4.19. The number of para-hydroxylation sites is 1. The van der Waals surface area contributed by atoms with Crippen molar-refractivity contribution in [3.63, 3.8) is 0 Å². The lowest BCUT2D eigenvalue weighted by molar-refractivity contribution is 0.00189. The number of hydrogen-bond acceptors (Lipinski definition) is 5. The monoisotopic (exact) mass is 430 g/mol. The van der Waals surface area contributed by atoms with Gasteiger partial charge in [-0.05, 0) is 25.0 Å². The number of carbonyl (C=O) groups excluding carboxylic acids is 1. The van der Waals surface area contributed by atoms with Gasteiger partial charge in [-0.2, -0.15) is 5.10 Å². The summed E-state index contributed by atoms with van der Waals surface area (Å²) in [6, 6.07) is 7.60. The van der Waals surface area contributed by atoms with Crippen LogP contribution in [0.25, 0.3) is 5.69 Å². The van der Waals surface area contributed by atoms with Gasteiger partial charge < -0.3 is 10.1 Å². The number of aromatic nitrogens is 2. The number of aryl methyl sites for hydroxylation is 1. The number of nitrogens with one attached hydrogen (secondary N) is 1. The summed E-state index contributed by atoms with van der Waals surface area (Å²) in [6.45, 7) is 9.37. The Morgan fingerprint density at radius 1 is 1.23 bits per heavy atom. The minimum atomic E-state index is -0.542. The maximum atomic E-state index is 14.3. The average Bonchev–Trinajstić information content (AvgIpc) is 2.78. The molecule has 168 valence electrons. The summed E-state index contributed by atoms with van der Waals surface area (Å²) < 4.78 is 21.0. The lowest BCUT2D eigenvalue weighted by Crippen LogP contribution is -2.52. The normalized spacial score (nSPS) is 15.8. The first kappa shape index (κ1) is 23.1. The van der Waals surface area contributed by atoms with Gasteiger partial charge in [-0.3, -0.25) is 14.5 Å². The van der Waals surface area contributed by atoms with E-state index in [-0.39, 0.29) is 17.4 Å². The van der Waals surface area contributed by atoms with E-state index in [9.17, 15) is 14.0 Å². The second-order valence-corrected chi connectivity index (χ2v) is 7.86. The number of nitrogens with zero attached hydrogens (tertiary/aromatic N) is 3. The number of morpholine rings is 1. The molecule has 7 nitrogen and oxygen atoms in total. The molecule has 1 amide bonds. The van der Waals surface area contributed by atoms with Crippen molar-refractivity contribution < 1.29 is 13.9 Å². The van der Waals surface area contributed by atoms with Crippen LogP contribution in [0.3, 0.4) is 0 Å². The predicted molar refractivity (Wildman–Crippen MR) is 117 cm³/mol. The van der Waals surface area contributed by atoms with Gasteiger partial charge >= 0.3 is 0 Å². The summed E-state index contributed by atoms with van der Waals surface area (Å²) in [7, 11) is 0. The van der Waals surface area contributed by atoms with Gasteiger partial charge in [0.25, 0.3) is 5.91 Å². The Morgan fingerprint density at radius 3 is 2.55 bits per heavy atom. The molecule has 1 atom stereocenters. The number of ether oxygens (including phenoxy) is 1. The smallest absolute Gasteiger partial charge is 0.275 e. The summed E-state index contributed by atoms with van der Waals surface area (Å²) in [4.78, 5) is 27.7. The van der Waals surface area contributed by atoms with Crippen LogP contribution in [-0.2, 0) is 4.74 Å². The Labute approximate surface area is 182 Å². The van der Waals surface area contributed by atoms with Crippen LogP contribution in [0, 0.1) is 18.7 Å². The van der Waals surface area contributed by atoms with E-state index in [1.165, 1.54) is 16.8 Å². The van der Waals surface area contributed by atoms with Crippen LogP contribution in [0.1, 0.15) is 42.9 Å². The van der Waals surface area contributed by atoms with Crippen molar-refractivity contribution >= 4 is 5.91 Å². The van der Waals surface area contributed by atoms with Crippen molar-refractivity contribution in [1.29, 1.82) is 0 Å². The molecule has 31 heavy (non-hydrogen) atoms. The van der Waals surface area contributed by atoms with Crippen LogP contribution in [0.5, 0.6) is 0 Å². The zero-order valence-electron chi connectivity index (χ0n) is 18.4. The van der Waals surface area contributed by atoms with E-state index >= 15 is 0 Å². The van der Waals surface area contributed by atoms with Crippen LogP contribution in [0.15, 0.2) is 35.1 Å². The zero-order chi connectivity index (χ0) is 22.4. The molecule has 0 unspecified atom stereocenters. The molecule has 0 spiro atoms. The Balaban J connectivity index is 1.82. The minimum absolute atomic E-state index is 0.155. The van der Waals surface area contributed by atoms with Gasteiger partial charge in [-0.25, -0.2) is 9.07 Å². The first-order chi connectivity index (χ1) is 15.0. The molecule has 1 aromatic heterocycles. The quantitative estimate of drug-likeness (QED) is 0.697. The van der Waals surface area contributed by atoms with E-state index in [2.05, 4.69) is 29.2 Å². The highest BCUT2D eigenvalue weighted by Crippen LogP contribution is 2.20. The zero-order valence-corrected chi connectivity index (χ0v) is 18.4. The molecule has 1 fully saturated rings. The van der Waals surface area contributed by atoms with Gasteiger partial charge in [-0.1, -0.05) is 38.8 Å². The topological polar surface area (TPSA) is 76.5 Å². The molecule has 1 aliphatic rings. The molecule has 0 saturated carbocycles. The molecule has 0 radical (unpaired) electrons. The number of rotatable bonds is 8. The molecule has 3 rings (SSSR count). The predicted octanol–water partition coefficient (Wildman–Crippen LogP) is 2.55. The fraction of sp³-hybridized carbons (Fsp3) is 0.522. The van der Waals surface area contributed by atoms with Crippen molar-refractivity contribution in [3.8, 4) is 5.69 Å². The van der Waals surface area contributed by atoms with Gasteiger partial charge in [0.1, 0.15) is 11.5 Å². The number of amides is 1. The highest BCUT2D eigenvalue weighted by atomic mass is 19.1. The number of carbonyl (C=O) groups is 1. The number of hydrogen-bond donors (Lipinski definition) is 1. The molecule has 2 aromatic rings. The summed E-state index contributed by atoms with van der Waals surface area (Å²) in [5, 5.41) is 7.11. The van der Waals surface area contributed by atoms with E-state index in [0.717, 1.165) is 25.9 Å². The van der Waals surface area contributed by atoms with Crippen molar-refractivity contribution in [1.82, 2.24) is 20.0 Å². The van der Waals surface area contributed by atoms with Crippen LogP contribution < -0.4 is 10.7 Å². The van der Waals surface area contributed by atoms with Gasteiger partial charge in [0.2, 0.25) is 5.43 Å².